The molecule has 1 aromatic rings. The van der Waals surface area contributed by atoms with Gasteiger partial charge in [-0.15, -0.1) is 24.8 Å². The van der Waals surface area contributed by atoms with Crippen molar-refractivity contribution < 1.29 is 10.0 Å². The van der Waals surface area contributed by atoms with Crippen LogP contribution >= 0.6 is 40.7 Å². The van der Waals surface area contributed by atoms with E-state index >= 15 is 0 Å². The van der Waals surface area contributed by atoms with Gasteiger partial charge in [0.2, 0.25) is 0 Å². The van der Waals surface area contributed by atoms with Gasteiger partial charge in [-0.1, -0.05) is 19.3 Å². The second kappa shape index (κ2) is 10.7. The summed E-state index contributed by atoms with van der Waals surface area (Å²) >= 11 is 3.30. The molecule has 6 nitrogen and oxygen atoms in total. The fourth-order valence-corrected chi connectivity index (χ4v) is 4.56. The largest absolute Gasteiger partial charge is 0.506 e. The molecule has 0 spiro atoms. The number of rotatable bonds is 4. The molecule has 1 saturated carbocycles. The van der Waals surface area contributed by atoms with Crippen LogP contribution in [0.5, 0.6) is 5.75 Å². The molecule has 1 aromatic carbocycles. The normalized spacial score (nSPS) is 19.9. The molecule has 1 saturated heterocycles. The van der Waals surface area contributed by atoms with Crippen LogP contribution in [0.4, 0.5) is 5.69 Å². The van der Waals surface area contributed by atoms with Gasteiger partial charge < -0.3 is 10.4 Å². The van der Waals surface area contributed by atoms with Gasteiger partial charge in [-0.2, -0.15) is 0 Å². The SMILES string of the molecule is Cl.Cl.O=[N+]([O-])c1cc(Br)c(O)c([C@H](C2CCCCC2)N2CCNCC2)c1. The molecule has 0 radical (unpaired) electrons. The van der Waals surface area contributed by atoms with Gasteiger partial charge in [0, 0.05) is 49.9 Å². The number of benzene rings is 1. The minimum absolute atomic E-state index is 0. The number of piperazine rings is 1. The van der Waals surface area contributed by atoms with E-state index in [-0.39, 0.29) is 47.2 Å². The fourth-order valence-electron chi connectivity index (χ4n) is 4.10. The van der Waals surface area contributed by atoms with Crippen molar-refractivity contribution in [2.24, 2.45) is 5.92 Å². The Morgan fingerprint density at radius 1 is 1.19 bits per heavy atom. The van der Waals surface area contributed by atoms with Gasteiger partial charge in [0.15, 0.2) is 0 Å². The maximum Gasteiger partial charge on any atom is 0.271 e. The van der Waals surface area contributed by atoms with Crippen LogP contribution in [0.1, 0.15) is 43.7 Å². The lowest BCUT2D eigenvalue weighted by molar-refractivity contribution is -0.385. The highest BCUT2D eigenvalue weighted by Crippen LogP contribution is 2.45. The van der Waals surface area contributed by atoms with Crippen molar-refractivity contribution in [2.75, 3.05) is 26.2 Å². The van der Waals surface area contributed by atoms with E-state index in [4.69, 9.17) is 0 Å². The zero-order valence-corrected chi connectivity index (χ0v) is 17.7. The molecular formula is C17H26BrCl2N3O3. The summed E-state index contributed by atoms with van der Waals surface area (Å²) in [5.74, 6) is 0.589. The van der Waals surface area contributed by atoms with Crippen molar-refractivity contribution in [3.8, 4) is 5.75 Å². The number of aromatic hydroxyl groups is 1. The molecule has 1 aliphatic carbocycles. The second-order valence-corrected chi connectivity index (χ2v) is 7.61. The van der Waals surface area contributed by atoms with E-state index in [0.717, 1.165) is 39.0 Å². The van der Waals surface area contributed by atoms with E-state index in [1.165, 1.54) is 25.3 Å². The number of hydrogen-bond acceptors (Lipinski definition) is 5. The lowest BCUT2D eigenvalue weighted by atomic mass is 9.79. The molecule has 26 heavy (non-hydrogen) atoms. The van der Waals surface area contributed by atoms with Crippen LogP contribution < -0.4 is 5.32 Å². The van der Waals surface area contributed by atoms with Gasteiger partial charge in [-0.05, 0) is 34.7 Å². The summed E-state index contributed by atoms with van der Waals surface area (Å²) in [6, 6.07) is 3.00. The second-order valence-electron chi connectivity index (χ2n) is 6.75. The quantitative estimate of drug-likeness (QED) is 0.502. The van der Waals surface area contributed by atoms with Crippen LogP contribution in [0.25, 0.3) is 0 Å². The highest BCUT2D eigenvalue weighted by atomic mass is 79.9. The number of nitrogens with zero attached hydrogens (tertiary/aromatic N) is 2. The van der Waals surface area contributed by atoms with Gasteiger partial charge >= 0.3 is 0 Å². The highest BCUT2D eigenvalue weighted by Gasteiger charge is 2.34. The molecule has 0 unspecified atom stereocenters. The summed E-state index contributed by atoms with van der Waals surface area (Å²) in [6.07, 6.45) is 5.90. The summed E-state index contributed by atoms with van der Waals surface area (Å²) in [5.41, 5.74) is 0.732. The van der Waals surface area contributed by atoms with Gasteiger partial charge in [0.05, 0.1) is 9.40 Å². The molecule has 3 rings (SSSR count). The van der Waals surface area contributed by atoms with Crippen molar-refractivity contribution in [3.05, 3.63) is 32.3 Å². The Kier molecular flexibility index (Phi) is 9.61. The van der Waals surface area contributed by atoms with Crippen LogP contribution in [0.3, 0.4) is 0 Å². The summed E-state index contributed by atoms with van der Waals surface area (Å²) in [7, 11) is 0. The third-order valence-corrected chi connectivity index (χ3v) is 5.85. The van der Waals surface area contributed by atoms with Gasteiger partial charge in [0.1, 0.15) is 5.75 Å². The van der Waals surface area contributed by atoms with Crippen LogP contribution in [0, 0.1) is 16.0 Å². The Morgan fingerprint density at radius 2 is 1.81 bits per heavy atom. The van der Waals surface area contributed by atoms with E-state index < -0.39 is 0 Å². The zero-order chi connectivity index (χ0) is 17.1. The number of nitrogens with one attached hydrogen (secondary N) is 1. The van der Waals surface area contributed by atoms with Crippen molar-refractivity contribution in [2.45, 2.75) is 38.1 Å². The van der Waals surface area contributed by atoms with E-state index in [1.807, 2.05) is 0 Å². The van der Waals surface area contributed by atoms with Crippen LogP contribution in [0.2, 0.25) is 0 Å². The predicted molar refractivity (Wildman–Crippen MR) is 111 cm³/mol. The van der Waals surface area contributed by atoms with Gasteiger partial charge in [0.25, 0.3) is 5.69 Å². The smallest absolute Gasteiger partial charge is 0.271 e. The number of non-ortho nitro benzene ring substituents is 1. The highest BCUT2D eigenvalue weighted by molar-refractivity contribution is 9.10. The van der Waals surface area contributed by atoms with Crippen molar-refractivity contribution in [1.82, 2.24) is 10.2 Å². The zero-order valence-electron chi connectivity index (χ0n) is 14.5. The molecule has 0 aromatic heterocycles. The van der Waals surface area contributed by atoms with Crippen LogP contribution in [-0.2, 0) is 0 Å². The summed E-state index contributed by atoms with van der Waals surface area (Å²) in [4.78, 5) is 13.3. The first-order valence-electron chi connectivity index (χ1n) is 8.69. The number of phenolic OH excluding ortho intramolecular Hbond substituents is 1. The van der Waals surface area contributed by atoms with Gasteiger partial charge in [-0.3, -0.25) is 15.0 Å². The number of phenols is 1. The fraction of sp³-hybridized carbons (Fsp3) is 0.647. The van der Waals surface area contributed by atoms with Crippen LogP contribution in [0.15, 0.2) is 16.6 Å². The standard InChI is InChI=1S/C17H24BrN3O3.2ClH/c18-15-11-13(21(23)24)10-14(17(15)22)16(12-4-2-1-3-5-12)20-8-6-19-7-9-20;;/h10-12,16,19,22H,1-9H2;2*1H/t16-;;/m0../s1. The average molecular weight is 471 g/mol. The van der Waals surface area contributed by atoms with Gasteiger partial charge in [-0.25, -0.2) is 0 Å². The topological polar surface area (TPSA) is 78.6 Å². The third-order valence-electron chi connectivity index (χ3n) is 5.25. The Hall–Kier alpha value is -0.600. The summed E-state index contributed by atoms with van der Waals surface area (Å²) in [5, 5.41) is 25.3. The minimum Gasteiger partial charge on any atom is -0.506 e. The first kappa shape index (κ1) is 23.4. The molecule has 2 aliphatic rings. The van der Waals surface area contributed by atoms with E-state index in [9.17, 15) is 15.2 Å². The first-order chi connectivity index (χ1) is 11.6. The lowest BCUT2D eigenvalue weighted by Crippen LogP contribution is -2.47. The molecule has 2 N–H and O–H groups in total. The van der Waals surface area contributed by atoms with Crippen LogP contribution in [-0.4, -0.2) is 41.1 Å². The van der Waals surface area contributed by atoms with E-state index in [0.29, 0.717) is 16.0 Å². The molecular weight excluding hydrogens is 445 g/mol. The Bertz CT molecular complexity index is 591. The summed E-state index contributed by atoms with van der Waals surface area (Å²) < 4.78 is 0.405. The maximum atomic E-state index is 11.3. The van der Waals surface area contributed by atoms with E-state index in [1.54, 1.807) is 6.07 Å². The summed E-state index contributed by atoms with van der Waals surface area (Å²) in [6.45, 7) is 3.64. The van der Waals surface area contributed by atoms with Crippen molar-refractivity contribution >= 4 is 46.4 Å². The molecule has 1 aliphatic heterocycles. The maximum absolute atomic E-state index is 11.3. The van der Waals surface area contributed by atoms with Crippen molar-refractivity contribution in [3.63, 3.8) is 0 Å². The number of nitro benzene ring substituents is 1. The number of hydrogen-bond donors (Lipinski definition) is 2. The number of halogens is 3. The lowest BCUT2D eigenvalue weighted by Gasteiger charge is -2.41. The molecule has 0 bridgehead atoms. The predicted octanol–water partition coefficient (Wildman–Crippen LogP) is 4.43. The molecule has 0 amide bonds. The first-order valence-corrected chi connectivity index (χ1v) is 9.49. The monoisotopic (exact) mass is 469 g/mol. The molecule has 9 heteroatoms. The van der Waals surface area contributed by atoms with E-state index in [2.05, 4.69) is 26.1 Å². The minimum atomic E-state index is -0.386. The Morgan fingerprint density at radius 3 is 2.38 bits per heavy atom. The molecule has 2 fully saturated rings. The molecule has 1 atom stereocenters. The van der Waals surface area contributed by atoms with Crippen molar-refractivity contribution in [1.29, 1.82) is 0 Å². The third kappa shape index (κ3) is 5.23. The Labute approximate surface area is 174 Å². The number of nitro groups is 1. The molecule has 148 valence electrons. The molecule has 1 heterocycles. The average Bonchev–Trinajstić information content (AvgIpc) is 2.60. The Balaban J connectivity index is 0.00000169.